The van der Waals surface area contributed by atoms with Crippen molar-refractivity contribution in [2.45, 2.75) is 19.3 Å². The predicted molar refractivity (Wildman–Crippen MR) is 79.4 cm³/mol. The minimum absolute atomic E-state index is 0.787. The van der Waals surface area contributed by atoms with Crippen molar-refractivity contribution in [2.24, 2.45) is 17.8 Å². The van der Waals surface area contributed by atoms with Crippen LogP contribution in [-0.2, 0) is 11.2 Å². The van der Waals surface area contributed by atoms with E-state index in [2.05, 4.69) is 41.7 Å². The third kappa shape index (κ3) is 2.84. The molecule has 3 rings (SSSR count). The standard InChI is InChI=1S/C17H23NO/c1-19-9-8-14-4-2-3-5-17(14)18-12-16-11-13-6-7-15(16)10-13/h2-7,13,15-16,18H,8-12H2,1H3. The lowest BCUT2D eigenvalue weighted by molar-refractivity contribution is 0.202. The topological polar surface area (TPSA) is 21.3 Å². The molecule has 2 heteroatoms. The number of anilines is 1. The Morgan fingerprint density at radius 3 is 2.84 bits per heavy atom. The normalized spacial score (nSPS) is 27.9. The van der Waals surface area contributed by atoms with Crippen LogP contribution in [0.3, 0.4) is 0 Å². The molecule has 1 saturated carbocycles. The van der Waals surface area contributed by atoms with Gasteiger partial charge in [-0.05, 0) is 48.6 Å². The zero-order valence-corrected chi connectivity index (χ0v) is 11.6. The van der Waals surface area contributed by atoms with Crippen LogP contribution in [0.25, 0.3) is 0 Å². The molecule has 0 spiro atoms. The smallest absolute Gasteiger partial charge is 0.0503 e. The number of allylic oxidation sites excluding steroid dienone is 2. The minimum Gasteiger partial charge on any atom is -0.385 e. The summed E-state index contributed by atoms with van der Waals surface area (Å²) in [5.41, 5.74) is 2.65. The SMILES string of the molecule is COCCc1ccccc1NCC1CC2C=CC1C2. The Morgan fingerprint density at radius 1 is 1.21 bits per heavy atom. The maximum atomic E-state index is 5.18. The molecule has 1 aromatic carbocycles. The average Bonchev–Trinajstić information content (AvgIpc) is 3.06. The van der Waals surface area contributed by atoms with Crippen LogP contribution in [0.4, 0.5) is 5.69 Å². The molecule has 2 nitrogen and oxygen atoms in total. The van der Waals surface area contributed by atoms with Gasteiger partial charge in [-0.15, -0.1) is 0 Å². The first-order valence-corrected chi connectivity index (χ1v) is 7.36. The Bertz CT molecular complexity index is 454. The summed E-state index contributed by atoms with van der Waals surface area (Å²) in [4.78, 5) is 0. The summed E-state index contributed by atoms with van der Waals surface area (Å²) in [6.07, 6.45) is 8.58. The molecule has 2 bridgehead atoms. The van der Waals surface area contributed by atoms with Gasteiger partial charge in [-0.2, -0.15) is 0 Å². The van der Waals surface area contributed by atoms with Crippen LogP contribution >= 0.6 is 0 Å². The summed E-state index contributed by atoms with van der Waals surface area (Å²) in [5, 5.41) is 3.66. The van der Waals surface area contributed by atoms with Gasteiger partial charge in [0.05, 0.1) is 6.61 Å². The average molecular weight is 257 g/mol. The fraction of sp³-hybridized carbons (Fsp3) is 0.529. The molecule has 1 fully saturated rings. The van der Waals surface area contributed by atoms with Gasteiger partial charge >= 0.3 is 0 Å². The van der Waals surface area contributed by atoms with Gasteiger partial charge in [-0.3, -0.25) is 0 Å². The van der Waals surface area contributed by atoms with Crippen molar-refractivity contribution in [1.29, 1.82) is 0 Å². The molecule has 0 aromatic heterocycles. The number of ether oxygens (including phenoxy) is 1. The maximum absolute atomic E-state index is 5.18. The van der Waals surface area contributed by atoms with Gasteiger partial charge in [0, 0.05) is 19.3 Å². The number of fused-ring (bicyclic) bond motifs is 2. The predicted octanol–water partition coefficient (Wildman–Crippen LogP) is 3.50. The van der Waals surface area contributed by atoms with Crippen LogP contribution in [0.1, 0.15) is 18.4 Å². The van der Waals surface area contributed by atoms with E-state index in [4.69, 9.17) is 4.74 Å². The van der Waals surface area contributed by atoms with E-state index in [1.54, 1.807) is 7.11 Å². The van der Waals surface area contributed by atoms with Crippen LogP contribution < -0.4 is 5.32 Å². The van der Waals surface area contributed by atoms with E-state index in [1.165, 1.54) is 24.1 Å². The fourth-order valence-electron chi connectivity index (χ4n) is 3.49. The monoisotopic (exact) mass is 257 g/mol. The summed E-state index contributed by atoms with van der Waals surface area (Å²) < 4.78 is 5.18. The van der Waals surface area contributed by atoms with Crippen LogP contribution in [-0.4, -0.2) is 20.3 Å². The van der Waals surface area contributed by atoms with Gasteiger partial charge in [0.25, 0.3) is 0 Å². The minimum atomic E-state index is 0.787. The number of hydrogen-bond donors (Lipinski definition) is 1. The number of methoxy groups -OCH3 is 1. The number of rotatable bonds is 6. The van der Waals surface area contributed by atoms with Gasteiger partial charge < -0.3 is 10.1 Å². The number of nitrogens with one attached hydrogen (secondary N) is 1. The highest BCUT2D eigenvalue weighted by Crippen LogP contribution is 2.43. The highest BCUT2D eigenvalue weighted by atomic mass is 16.5. The fourth-order valence-corrected chi connectivity index (χ4v) is 3.49. The molecule has 1 N–H and O–H groups in total. The molecule has 0 radical (unpaired) electrons. The maximum Gasteiger partial charge on any atom is 0.0503 e. The molecular formula is C17H23NO. The first-order valence-electron chi connectivity index (χ1n) is 7.36. The Labute approximate surface area is 115 Å². The van der Waals surface area contributed by atoms with Crippen molar-refractivity contribution in [3.8, 4) is 0 Å². The van der Waals surface area contributed by atoms with Crippen molar-refractivity contribution in [1.82, 2.24) is 0 Å². The van der Waals surface area contributed by atoms with Crippen LogP contribution in [0.2, 0.25) is 0 Å². The number of hydrogen-bond acceptors (Lipinski definition) is 2. The molecule has 0 saturated heterocycles. The van der Waals surface area contributed by atoms with Gasteiger partial charge in [-0.25, -0.2) is 0 Å². The summed E-state index contributed by atoms with van der Waals surface area (Å²) in [7, 11) is 1.76. The Balaban J connectivity index is 1.59. The van der Waals surface area contributed by atoms with Gasteiger partial charge in [0.2, 0.25) is 0 Å². The molecule has 0 aliphatic heterocycles. The first-order chi connectivity index (χ1) is 9.36. The molecule has 3 unspecified atom stereocenters. The van der Waals surface area contributed by atoms with Gasteiger partial charge in [-0.1, -0.05) is 30.4 Å². The second-order valence-corrected chi connectivity index (χ2v) is 5.82. The molecule has 1 aromatic rings. The van der Waals surface area contributed by atoms with Gasteiger partial charge in [0.15, 0.2) is 0 Å². The van der Waals surface area contributed by atoms with E-state index in [0.717, 1.165) is 37.3 Å². The lowest BCUT2D eigenvalue weighted by Gasteiger charge is -2.20. The van der Waals surface area contributed by atoms with E-state index in [9.17, 15) is 0 Å². The van der Waals surface area contributed by atoms with E-state index in [1.807, 2.05) is 0 Å². The number of benzene rings is 1. The third-order valence-electron chi connectivity index (χ3n) is 4.56. The van der Waals surface area contributed by atoms with Crippen molar-refractivity contribution in [3.63, 3.8) is 0 Å². The Hall–Kier alpha value is -1.28. The lowest BCUT2D eigenvalue weighted by Crippen LogP contribution is -2.19. The van der Waals surface area contributed by atoms with E-state index >= 15 is 0 Å². The molecular weight excluding hydrogens is 234 g/mol. The Kier molecular flexibility index (Phi) is 3.88. The van der Waals surface area contributed by atoms with Gasteiger partial charge in [0.1, 0.15) is 0 Å². The van der Waals surface area contributed by atoms with Crippen LogP contribution in [0, 0.1) is 17.8 Å². The van der Waals surface area contributed by atoms with Crippen molar-refractivity contribution < 1.29 is 4.74 Å². The second-order valence-electron chi connectivity index (χ2n) is 5.82. The summed E-state index contributed by atoms with van der Waals surface area (Å²) in [6, 6.07) is 8.60. The highest BCUT2D eigenvalue weighted by Gasteiger charge is 2.35. The molecule has 102 valence electrons. The summed E-state index contributed by atoms with van der Waals surface area (Å²) >= 11 is 0. The zero-order valence-electron chi connectivity index (χ0n) is 11.6. The quantitative estimate of drug-likeness (QED) is 0.788. The lowest BCUT2D eigenvalue weighted by atomic mass is 9.93. The molecule has 3 atom stereocenters. The molecule has 2 aliphatic rings. The van der Waals surface area contributed by atoms with Crippen molar-refractivity contribution in [3.05, 3.63) is 42.0 Å². The summed E-state index contributed by atoms with van der Waals surface area (Å²) in [5.74, 6) is 2.51. The second kappa shape index (κ2) is 5.79. The van der Waals surface area contributed by atoms with E-state index < -0.39 is 0 Å². The Morgan fingerprint density at radius 2 is 2.11 bits per heavy atom. The van der Waals surface area contributed by atoms with Crippen molar-refractivity contribution in [2.75, 3.05) is 25.6 Å². The molecule has 2 aliphatic carbocycles. The van der Waals surface area contributed by atoms with Crippen LogP contribution in [0.5, 0.6) is 0 Å². The zero-order chi connectivity index (χ0) is 13.1. The molecule has 0 heterocycles. The van der Waals surface area contributed by atoms with Crippen molar-refractivity contribution >= 4 is 5.69 Å². The van der Waals surface area contributed by atoms with E-state index in [0.29, 0.717) is 0 Å². The van der Waals surface area contributed by atoms with E-state index in [-0.39, 0.29) is 0 Å². The van der Waals surface area contributed by atoms with Crippen LogP contribution in [0.15, 0.2) is 36.4 Å². The third-order valence-corrected chi connectivity index (χ3v) is 4.56. The largest absolute Gasteiger partial charge is 0.385 e. The highest BCUT2D eigenvalue weighted by molar-refractivity contribution is 5.51. The first kappa shape index (κ1) is 12.7. The number of para-hydroxylation sites is 1. The molecule has 0 amide bonds. The summed E-state index contributed by atoms with van der Waals surface area (Å²) in [6.45, 7) is 1.89. The molecule has 19 heavy (non-hydrogen) atoms.